The number of rotatable bonds is 1. The van der Waals surface area contributed by atoms with Gasteiger partial charge in [-0.2, -0.15) is 0 Å². The second-order valence-corrected chi connectivity index (χ2v) is 4.06. The highest BCUT2D eigenvalue weighted by atomic mass is 79.9. The summed E-state index contributed by atoms with van der Waals surface area (Å²) >= 11 is 10.0. The van der Waals surface area contributed by atoms with Crippen LogP contribution in [0.25, 0.3) is 0 Å². The Kier molecular flexibility index (Phi) is 2.50. The van der Waals surface area contributed by atoms with E-state index in [2.05, 4.69) is 15.9 Å². The molecule has 0 fully saturated rings. The van der Waals surface area contributed by atoms with Crippen LogP contribution in [-0.4, -0.2) is 0 Å². The van der Waals surface area contributed by atoms with Crippen molar-refractivity contribution >= 4 is 38.9 Å². The normalized spacial score (nSPS) is 10.1. The summed E-state index contributed by atoms with van der Waals surface area (Å²) in [6, 6.07) is 1.69. The van der Waals surface area contributed by atoms with Crippen molar-refractivity contribution in [3.05, 3.63) is 19.8 Å². The molecule has 0 saturated heterocycles. The molecular formula is C5H3BrClFS. The third kappa shape index (κ3) is 1.66. The van der Waals surface area contributed by atoms with Gasteiger partial charge in [-0.25, -0.2) is 4.39 Å². The van der Waals surface area contributed by atoms with E-state index < -0.39 is 6.67 Å². The number of hydrogen-bond donors (Lipinski definition) is 0. The highest BCUT2D eigenvalue weighted by molar-refractivity contribution is 9.10. The summed E-state index contributed by atoms with van der Waals surface area (Å²) in [7, 11) is 0. The van der Waals surface area contributed by atoms with Gasteiger partial charge in [-0.3, -0.25) is 0 Å². The minimum Gasteiger partial charge on any atom is -0.245 e. The molecule has 0 aliphatic rings. The summed E-state index contributed by atoms with van der Waals surface area (Å²) in [5, 5.41) is 0. The Labute approximate surface area is 69.8 Å². The molecule has 9 heavy (non-hydrogen) atoms. The van der Waals surface area contributed by atoms with Gasteiger partial charge in [-0.1, -0.05) is 11.6 Å². The van der Waals surface area contributed by atoms with E-state index in [1.54, 1.807) is 6.07 Å². The lowest BCUT2D eigenvalue weighted by Gasteiger charge is -1.76. The molecule has 0 N–H and O–H groups in total. The largest absolute Gasteiger partial charge is 0.245 e. The molecule has 1 aromatic rings. The van der Waals surface area contributed by atoms with Gasteiger partial charge in [0.1, 0.15) is 11.0 Å². The molecule has 1 rings (SSSR count). The fourth-order valence-electron chi connectivity index (χ4n) is 0.457. The van der Waals surface area contributed by atoms with Crippen molar-refractivity contribution < 1.29 is 4.39 Å². The third-order valence-electron chi connectivity index (χ3n) is 0.828. The van der Waals surface area contributed by atoms with Crippen molar-refractivity contribution in [1.82, 2.24) is 0 Å². The van der Waals surface area contributed by atoms with Crippen LogP contribution in [0.15, 0.2) is 10.5 Å². The van der Waals surface area contributed by atoms with Crippen LogP contribution in [0, 0.1) is 0 Å². The van der Waals surface area contributed by atoms with Gasteiger partial charge >= 0.3 is 0 Å². The van der Waals surface area contributed by atoms with Crippen molar-refractivity contribution in [2.75, 3.05) is 0 Å². The molecule has 0 bridgehead atoms. The Morgan fingerprint density at radius 3 is 2.67 bits per heavy atom. The predicted molar refractivity (Wildman–Crippen MR) is 41.8 cm³/mol. The van der Waals surface area contributed by atoms with Gasteiger partial charge in [0.15, 0.2) is 0 Å². The first kappa shape index (κ1) is 7.51. The van der Waals surface area contributed by atoms with Crippen molar-refractivity contribution in [3.8, 4) is 0 Å². The van der Waals surface area contributed by atoms with Crippen LogP contribution in [0.2, 0.25) is 4.34 Å². The fourth-order valence-corrected chi connectivity index (χ4v) is 2.10. The minimum atomic E-state index is -0.435. The number of hydrogen-bond acceptors (Lipinski definition) is 1. The molecule has 0 radical (unpaired) electrons. The van der Waals surface area contributed by atoms with Gasteiger partial charge in [-0.05, 0) is 22.0 Å². The average Bonchev–Trinajstić information content (AvgIpc) is 2.13. The number of halogens is 3. The first-order valence-electron chi connectivity index (χ1n) is 2.23. The standard InChI is InChI=1S/C5H3BrClFS/c6-4-1-3(2-8)9-5(4)7/h1H,2H2. The molecule has 0 aromatic carbocycles. The number of thiophene rings is 1. The molecule has 1 heterocycles. The minimum absolute atomic E-state index is 0.435. The Bertz CT molecular complexity index is 191. The second-order valence-electron chi connectivity index (χ2n) is 1.47. The molecule has 0 atom stereocenters. The summed E-state index contributed by atoms with van der Waals surface area (Å²) in [5.41, 5.74) is 0. The quantitative estimate of drug-likeness (QED) is 0.690. The van der Waals surface area contributed by atoms with Crippen LogP contribution in [0.4, 0.5) is 4.39 Å². The predicted octanol–water partition coefficient (Wildman–Crippen LogP) is 3.63. The molecule has 0 saturated carbocycles. The summed E-state index contributed by atoms with van der Waals surface area (Å²) in [6.07, 6.45) is 0. The molecule has 0 nitrogen and oxygen atoms in total. The fraction of sp³-hybridized carbons (Fsp3) is 0.200. The van der Waals surface area contributed by atoms with E-state index in [0.717, 1.165) is 4.47 Å². The SMILES string of the molecule is FCc1cc(Br)c(Cl)s1. The zero-order valence-electron chi connectivity index (χ0n) is 4.33. The van der Waals surface area contributed by atoms with Crippen molar-refractivity contribution in [2.45, 2.75) is 6.67 Å². The summed E-state index contributed by atoms with van der Waals surface area (Å²) in [6.45, 7) is -0.435. The van der Waals surface area contributed by atoms with Crippen LogP contribution in [-0.2, 0) is 6.67 Å². The molecule has 0 amide bonds. The summed E-state index contributed by atoms with van der Waals surface area (Å²) in [4.78, 5) is 0.659. The van der Waals surface area contributed by atoms with E-state index in [4.69, 9.17) is 11.6 Å². The van der Waals surface area contributed by atoms with Gasteiger partial charge in [-0.15, -0.1) is 11.3 Å². The molecular weight excluding hydrogens is 226 g/mol. The molecule has 1 aromatic heterocycles. The van der Waals surface area contributed by atoms with Crippen molar-refractivity contribution in [2.24, 2.45) is 0 Å². The smallest absolute Gasteiger partial charge is 0.124 e. The molecule has 50 valence electrons. The highest BCUT2D eigenvalue weighted by Crippen LogP contribution is 2.32. The Morgan fingerprint density at radius 1 is 1.78 bits per heavy atom. The Hall–Kier alpha value is 0.400. The maximum absolute atomic E-state index is 11.8. The van der Waals surface area contributed by atoms with E-state index in [1.807, 2.05) is 0 Å². The zero-order valence-corrected chi connectivity index (χ0v) is 7.49. The van der Waals surface area contributed by atoms with Crippen molar-refractivity contribution in [1.29, 1.82) is 0 Å². The maximum atomic E-state index is 11.8. The first-order chi connectivity index (χ1) is 4.24. The van der Waals surface area contributed by atoms with E-state index in [0.29, 0.717) is 9.21 Å². The van der Waals surface area contributed by atoms with Crippen LogP contribution in [0.3, 0.4) is 0 Å². The van der Waals surface area contributed by atoms with Gasteiger partial charge in [0.2, 0.25) is 0 Å². The van der Waals surface area contributed by atoms with E-state index in [1.165, 1.54) is 11.3 Å². The Morgan fingerprint density at radius 2 is 2.44 bits per heavy atom. The molecule has 0 aliphatic carbocycles. The van der Waals surface area contributed by atoms with E-state index in [-0.39, 0.29) is 0 Å². The van der Waals surface area contributed by atoms with Gasteiger partial charge in [0.05, 0.1) is 0 Å². The lowest BCUT2D eigenvalue weighted by molar-refractivity contribution is 0.491. The van der Waals surface area contributed by atoms with Crippen LogP contribution < -0.4 is 0 Å². The summed E-state index contributed by atoms with van der Waals surface area (Å²) < 4.78 is 13.2. The molecule has 0 spiro atoms. The topological polar surface area (TPSA) is 0 Å². The van der Waals surface area contributed by atoms with Crippen molar-refractivity contribution in [3.63, 3.8) is 0 Å². The monoisotopic (exact) mass is 228 g/mol. The second kappa shape index (κ2) is 2.99. The van der Waals surface area contributed by atoms with Crippen LogP contribution >= 0.6 is 38.9 Å². The molecule has 4 heteroatoms. The maximum Gasteiger partial charge on any atom is 0.124 e. The van der Waals surface area contributed by atoms with Gasteiger partial charge in [0, 0.05) is 9.35 Å². The third-order valence-corrected chi connectivity index (χ3v) is 3.27. The van der Waals surface area contributed by atoms with E-state index in [9.17, 15) is 4.39 Å². The average molecular weight is 230 g/mol. The van der Waals surface area contributed by atoms with Gasteiger partial charge in [0.25, 0.3) is 0 Å². The lowest BCUT2D eigenvalue weighted by Crippen LogP contribution is -1.61. The first-order valence-corrected chi connectivity index (χ1v) is 4.22. The lowest BCUT2D eigenvalue weighted by atomic mass is 10.5. The van der Waals surface area contributed by atoms with Gasteiger partial charge < -0.3 is 0 Å². The Balaban J connectivity index is 2.98. The van der Waals surface area contributed by atoms with E-state index >= 15 is 0 Å². The van der Waals surface area contributed by atoms with Crippen LogP contribution in [0.5, 0.6) is 0 Å². The molecule has 0 unspecified atom stereocenters. The van der Waals surface area contributed by atoms with Crippen LogP contribution in [0.1, 0.15) is 4.88 Å². The zero-order chi connectivity index (χ0) is 6.85. The highest BCUT2D eigenvalue weighted by Gasteiger charge is 2.02. The number of alkyl halides is 1. The molecule has 0 aliphatic heterocycles. The summed E-state index contributed by atoms with van der Waals surface area (Å²) in [5.74, 6) is 0.